The van der Waals surface area contributed by atoms with E-state index in [-0.39, 0.29) is 0 Å². The van der Waals surface area contributed by atoms with Gasteiger partial charge in [-0.1, -0.05) is 31.6 Å². The van der Waals surface area contributed by atoms with Gasteiger partial charge in [-0.2, -0.15) is 0 Å². The van der Waals surface area contributed by atoms with Crippen LogP contribution in [-0.4, -0.2) is 0 Å². The maximum absolute atomic E-state index is 3.87. The number of rotatable bonds is 4. The van der Waals surface area contributed by atoms with Gasteiger partial charge >= 0.3 is 0 Å². The van der Waals surface area contributed by atoms with Crippen molar-refractivity contribution in [3.05, 3.63) is 24.8 Å². The Labute approximate surface area is 82.7 Å². The molecule has 0 nitrogen and oxygen atoms in total. The van der Waals surface area contributed by atoms with Gasteiger partial charge in [0, 0.05) is 0 Å². The molecule has 1 aliphatic rings. The number of hydrogen-bond donors (Lipinski definition) is 0. The van der Waals surface area contributed by atoms with Crippen molar-refractivity contribution < 1.29 is 0 Å². The zero-order valence-corrected chi connectivity index (χ0v) is 8.84. The summed E-state index contributed by atoms with van der Waals surface area (Å²) in [7, 11) is 0. The van der Waals surface area contributed by atoms with Crippen molar-refractivity contribution in [3.8, 4) is 0 Å². The van der Waals surface area contributed by atoms with Gasteiger partial charge in [-0.15, -0.1) is 6.58 Å². The van der Waals surface area contributed by atoms with E-state index in [0.717, 1.165) is 11.8 Å². The first-order valence-electron chi connectivity index (χ1n) is 5.66. The Hall–Kier alpha value is -0.520. The predicted octanol–water partition coefficient (Wildman–Crippen LogP) is 4.34. The van der Waals surface area contributed by atoms with Gasteiger partial charge in [0.1, 0.15) is 0 Å². The van der Waals surface area contributed by atoms with Crippen molar-refractivity contribution in [1.29, 1.82) is 0 Å². The molecule has 0 saturated heterocycles. The van der Waals surface area contributed by atoms with Gasteiger partial charge in [0.25, 0.3) is 0 Å². The summed E-state index contributed by atoms with van der Waals surface area (Å²) in [6.45, 7) is 6.10. The minimum atomic E-state index is 0.802. The maximum Gasteiger partial charge on any atom is -0.0233 e. The van der Waals surface area contributed by atoms with Gasteiger partial charge in [0.15, 0.2) is 0 Å². The van der Waals surface area contributed by atoms with Crippen LogP contribution in [0, 0.1) is 11.8 Å². The van der Waals surface area contributed by atoms with Crippen LogP contribution >= 0.6 is 0 Å². The molecule has 1 rings (SSSR count). The van der Waals surface area contributed by atoms with Crippen LogP contribution in [0.25, 0.3) is 0 Å². The largest absolute Gasteiger partial charge is 0.103 e. The van der Waals surface area contributed by atoms with E-state index in [4.69, 9.17) is 0 Å². The van der Waals surface area contributed by atoms with E-state index in [1.54, 1.807) is 0 Å². The molecule has 74 valence electrons. The fourth-order valence-electron chi connectivity index (χ4n) is 2.03. The standard InChI is InChI=1S/C13H22/c1-3-5-6-7-13-10-8-12(4-2)9-11-13/h4,6-7,12-13H,2-3,5,8-11H2,1H3/b7-6+. The van der Waals surface area contributed by atoms with Crippen molar-refractivity contribution in [1.82, 2.24) is 0 Å². The second kappa shape index (κ2) is 6.01. The molecule has 0 aromatic rings. The molecule has 0 spiro atoms. The predicted molar refractivity (Wildman–Crippen MR) is 59.7 cm³/mol. The normalized spacial score (nSPS) is 29.3. The van der Waals surface area contributed by atoms with E-state index in [1.165, 1.54) is 38.5 Å². The highest BCUT2D eigenvalue weighted by atomic mass is 14.2. The molecule has 0 radical (unpaired) electrons. The summed E-state index contributed by atoms with van der Waals surface area (Å²) in [4.78, 5) is 0. The first-order valence-corrected chi connectivity index (χ1v) is 5.66. The van der Waals surface area contributed by atoms with Crippen molar-refractivity contribution in [2.45, 2.75) is 45.4 Å². The summed E-state index contributed by atoms with van der Waals surface area (Å²) < 4.78 is 0. The molecule has 0 atom stereocenters. The lowest BCUT2D eigenvalue weighted by Gasteiger charge is -2.24. The molecule has 0 unspecified atom stereocenters. The van der Waals surface area contributed by atoms with Crippen LogP contribution in [0.5, 0.6) is 0 Å². The molecule has 0 aliphatic heterocycles. The summed E-state index contributed by atoms with van der Waals surface area (Å²) in [5.41, 5.74) is 0. The Morgan fingerprint density at radius 2 is 1.77 bits per heavy atom. The van der Waals surface area contributed by atoms with Crippen LogP contribution in [0.15, 0.2) is 24.8 Å². The van der Waals surface area contributed by atoms with Crippen LogP contribution in [0.4, 0.5) is 0 Å². The van der Waals surface area contributed by atoms with Crippen molar-refractivity contribution in [2.24, 2.45) is 11.8 Å². The van der Waals surface area contributed by atoms with Gasteiger partial charge in [-0.05, 0) is 43.9 Å². The second-order valence-electron chi connectivity index (χ2n) is 4.13. The van der Waals surface area contributed by atoms with Crippen LogP contribution in [0.3, 0.4) is 0 Å². The van der Waals surface area contributed by atoms with E-state index in [2.05, 4.69) is 31.7 Å². The molecule has 1 aliphatic carbocycles. The van der Waals surface area contributed by atoms with Crippen molar-refractivity contribution >= 4 is 0 Å². The van der Waals surface area contributed by atoms with E-state index < -0.39 is 0 Å². The molecule has 0 aromatic carbocycles. The van der Waals surface area contributed by atoms with Crippen molar-refractivity contribution in [2.75, 3.05) is 0 Å². The third kappa shape index (κ3) is 3.80. The molecule has 0 heterocycles. The lowest BCUT2D eigenvalue weighted by Crippen LogP contribution is -2.10. The molecule has 0 aromatic heterocycles. The quantitative estimate of drug-likeness (QED) is 0.562. The van der Waals surface area contributed by atoms with Crippen LogP contribution in [0.1, 0.15) is 45.4 Å². The summed E-state index contributed by atoms with van der Waals surface area (Å²) in [6, 6.07) is 0. The summed E-state index contributed by atoms with van der Waals surface area (Å²) in [5.74, 6) is 1.67. The smallest absolute Gasteiger partial charge is 0.0233 e. The minimum absolute atomic E-state index is 0.802. The topological polar surface area (TPSA) is 0 Å². The fraction of sp³-hybridized carbons (Fsp3) is 0.692. The molecule has 0 amide bonds. The Morgan fingerprint density at radius 3 is 2.31 bits per heavy atom. The van der Waals surface area contributed by atoms with E-state index >= 15 is 0 Å². The Kier molecular flexibility index (Phi) is 4.88. The van der Waals surface area contributed by atoms with Gasteiger partial charge in [0.2, 0.25) is 0 Å². The molecule has 1 fully saturated rings. The Morgan fingerprint density at radius 1 is 1.15 bits per heavy atom. The number of hydrogen-bond acceptors (Lipinski definition) is 0. The highest BCUT2D eigenvalue weighted by molar-refractivity contribution is 4.93. The third-order valence-corrected chi connectivity index (χ3v) is 3.01. The van der Waals surface area contributed by atoms with E-state index in [0.29, 0.717) is 0 Å². The number of unbranched alkanes of at least 4 members (excludes halogenated alkanes) is 1. The monoisotopic (exact) mass is 178 g/mol. The zero-order chi connectivity index (χ0) is 9.52. The van der Waals surface area contributed by atoms with Gasteiger partial charge in [-0.25, -0.2) is 0 Å². The Balaban J connectivity index is 2.20. The average Bonchev–Trinajstić information content (AvgIpc) is 2.19. The van der Waals surface area contributed by atoms with Gasteiger partial charge in [-0.3, -0.25) is 0 Å². The maximum atomic E-state index is 3.87. The molecular formula is C13H22. The lowest BCUT2D eigenvalue weighted by molar-refractivity contribution is 0.356. The summed E-state index contributed by atoms with van der Waals surface area (Å²) in [5, 5.41) is 0. The molecule has 0 heteroatoms. The molecule has 13 heavy (non-hydrogen) atoms. The van der Waals surface area contributed by atoms with Gasteiger partial charge < -0.3 is 0 Å². The van der Waals surface area contributed by atoms with E-state index in [9.17, 15) is 0 Å². The third-order valence-electron chi connectivity index (χ3n) is 3.01. The molecule has 0 bridgehead atoms. The first kappa shape index (κ1) is 10.6. The zero-order valence-electron chi connectivity index (χ0n) is 8.84. The minimum Gasteiger partial charge on any atom is -0.103 e. The lowest BCUT2D eigenvalue weighted by atomic mass is 9.82. The second-order valence-corrected chi connectivity index (χ2v) is 4.13. The molecular weight excluding hydrogens is 156 g/mol. The highest BCUT2D eigenvalue weighted by Crippen LogP contribution is 2.29. The van der Waals surface area contributed by atoms with Crippen molar-refractivity contribution in [3.63, 3.8) is 0 Å². The highest BCUT2D eigenvalue weighted by Gasteiger charge is 2.16. The van der Waals surface area contributed by atoms with Crippen LogP contribution < -0.4 is 0 Å². The summed E-state index contributed by atoms with van der Waals surface area (Å²) in [6.07, 6.45) is 14.9. The van der Waals surface area contributed by atoms with Crippen LogP contribution in [0.2, 0.25) is 0 Å². The van der Waals surface area contributed by atoms with E-state index in [1.807, 2.05) is 0 Å². The van der Waals surface area contributed by atoms with Crippen LogP contribution in [-0.2, 0) is 0 Å². The SMILES string of the molecule is C=CC1CCC(/C=C/CCC)CC1. The number of allylic oxidation sites excluding steroid dienone is 3. The summed E-state index contributed by atoms with van der Waals surface area (Å²) >= 11 is 0. The Bertz CT molecular complexity index is 159. The first-order chi connectivity index (χ1) is 6.36. The average molecular weight is 178 g/mol. The molecule has 0 N–H and O–H groups in total. The fourth-order valence-corrected chi connectivity index (χ4v) is 2.03. The molecule has 1 saturated carbocycles. The van der Waals surface area contributed by atoms with Gasteiger partial charge in [0.05, 0.1) is 0 Å².